The lowest BCUT2D eigenvalue weighted by Crippen LogP contribution is -2.49. The summed E-state index contributed by atoms with van der Waals surface area (Å²) in [6.45, 7) is 1.63. The minimum atomic E-state index is -0.494. The molecule has 0 spiro atoms. The zero-order valence-electron chi connectivity index (χ0n) is 13.5. The third-order valence-electron chi connectivity index (χ3n) is 4.72. The molecule has 24 heavy (non-hydrogen) atoms. The number of nitrogens with zero attached hydrogens (tertiary/aromatic N) is 4. The summed E-state index contributed by atoms with van der Waals surface area (Å²) in [4.78, 5) is 20.9. The van der Waals surface area contributed by atoms with E-state index in [0.29, 0.717) is 31.4 Å². The van der Waals surface area contributed by atoms with Crippen LogP contribution in [0.5, 0.6) is 0 Å². The monoisotopic (exact) mass is 330 g/mol. The first-order valence-electron chi connectivity index (χ1n) is 8.21. The van der Waals surface area contributed by atoms with Crippen molar-refractivity contribution in [2.24, 2.45) is 0 Å². The van der Waals surface area contributed by atoms with Gasteiger partial charge in [-0.1, -0.05) is 17.3 Å². The lowest BCUT2D eigenvalue weighted by atomic mass is 10.1. The van der Waals surface area contributed by atoms with Crippen molar-refractivity contribution in [1.29, 1.82) is 0 Å². The van der Waals surface area contributed by atoms with Gasteiger partial charge in [0.1, 0.15) is 11.9 Å². The first-order valence-corrected chi connectivity index (χ1v) is 8.21. The SMILES string of the molecule is CN1CCN(C(=O)c2ccccc2F)C[C@H]1c1nc(C2CC2)no1. The molecule has 1 aromatic heterocycles. The highest BCUT2D eigenvalue weighted by molar-refractivity contribution is 5.94. The molecule has 0 radical (unpaired) electrons. The molecule has 6 nitrogen and oxygen atoms in total. The second-order valence-corrected chi connectivity index (χ2v) is 6.49. The lowest BCUT2D eigenvalue weighted by molar-refractivity contribution is 0.0485. The van der Waals surface area contributed by atoms with Crippen LogP contribution in [-0.2, 0) is 0 Å². The summed E-state index contributed by atoms with van der Waals surface area (Å²) in [5.74, 6) is 0.925. The maximum atomic E-state index is 13.9. The van der Waals surface area contributed by atoms with E-state index in [2.05, 4.69) is 15.0 Å². The summed E-state index contributed by atoms with van der Waals surface area (Å²) in [5.41, 5.74) is 0.102. The van der Waals surface area contributed by atoms with Gasteiger partial charge in [0, 0.05) is 25.6 Å². The summed E-state index contributed by atoms with van der Waals surface area (Å²) in [5, 5.41) is 4.05. The lowest BCUT2D eigenvalue weighted by Gasteiger charge is -2.37. The average molecular weight is 330 g/mol. The fourth-order valence-corrected chi connectivity index (χ4v) is 3.02. The van der Waals surface area contributed by atoms with E-state index < -0.39 is 5.82 Å². The first kappa shape index (κ1) is 15.3. The van der Waals surface area contributed by atoms with Gasteiger partial charge < -0.3 is 9.42 Å². The molecule has 1 atom stereocenters. The smallest absolute Gasteiger partial charge is 0.256 e. The molecule has 1 amide bonds. The Hall–Kier alpha value is -2.28. The van der Waals surface area contributed by atoms with Gasteiger partial charge in [0.25, 0.3) is 5.91 Å². The first-order chi connectivity index (χ1) is 11.6. The van der Waals surface area contributed by atoms with E-state index in [4.69, 9.17) is 4.52 Å². The Morgan fingerprint density at radius 3 is 2.83 bits per heavy atom. The molecule has 1 saturated heterocycles. The molecular weight excluding hydrogens is 311 g/mol. The standard InChI is InChI=1S/C17H19FN4O2/c1-21-8-9-22(17(23)12-4-2-3-5-13(12)18)10-14(21)16-19-15(20-24-16)11-6-7-11/h2-5,11,14H,6-10H2,1H3/t14-/m0/s1. The van der Waals surface area contributed by atoms with Crippen molar-refractivity contribution in [1.82, 2.24) is 19.9 Å². The van der Waals surface area contributed by atoms with Crippen LogP contribution in [0.15, 0.2) is 28.8 Å². The molecule has 1 aromatic carbocycles. The summed E-state index contributed by atoms with van der Waals surface area (Å²) in [6, 6.07) is 5.92. The van der Waals surface area contributed by atoms with Crippen LogP contribution in [-0.4, -0.2) is 52.5 Å². The topological polar surface area (TPSA) is 62.5 Å². The van der Waals surface area contributed by atoms with Crippen LogP contribution < -0.4 is 0 Å². The fraction of sp³-hybridized carbons (Fsp3) is 0.471. The molecule has 0 N–H and O–H groups in total. The van der Waals surface area contributed by atoms with E-state index in [1.807, 2.05) is 7.05 Å². The van der Waals surface area contributed by atoms with Crippen molar-refractivity contribution in [3.8, 4) is 0 Å². The highest BCUT2D eigenvalue weighted by atomic mass is 19.1. The molecule has 2 aromatic rings. The van der Waals surface area contributed by atoms with E-state index in [0.717, 1.165) is 18.7 Å². The van der Waals surface area contributed by atoms with Crippen molar-refractivity contribution < 1.29 is 13.7 Å². The highest BCUT2D eigenvalue weighted by Gasteiger charge is 2.35. The van der Waals surface area contributed by atoms with Gasteiger partial charge >= 0.3 is 0 Å². The molecule has 4 rings (SSSR count). The normalized spacial score (nSPS) is 21.9. The fourth-order valence-electron chi connectivity index (χ4n) is 3.02. The highest BCUT2D eigenvalue weighted by Crippen LogP contribution is 2.38. The number of likely N-dealkylation sites (N-methyl/N-ethyl adjacent to an activating group) is 1. The maximum Gasteiger partial charge on any atom is 0.256 e. The predicted molar refractivity (Wildman–Crippen MR) is 83.9 cm³/mol. The van der Waals surface area contributed by atoms with Crippen molar-refractivity contribution >= 4 is 5.91 Å². The molecular formula is C17H19FN4O2. The maximum absolute atomic E-state index is 13.9. The van der Waals surface area contributed by atoms with Gasteiger partial charge in [-0.15, -0.1) is 0 Å². The number of carbonyl (C=O) groups excluding carboxylic acids is 1. The van der Waals surface area contributed by atoms with E-state index >= 15 is 0 Å². The Morgan fingerprint density at radius 2 is 2.08 bits per heavy atom. The number of aromatic nitrogens is 2. The molecule has 1 aliphatic heterocycles. The van der Waals surface area contributed by atoms with Crippen LogP contribution in [0.4, 0.5) is 4.39 Å². The third kappa shape index (κ3) is 2.80. The molecule has 1 aliphatic carbocycles. The number of piperazine rings is 1. The molecule has 7 heteroatoms. The van der Waals surface area contributed by atoms with E-state index in [1.54, 1.807) is 17.0 Å². The van der Waals surface area contributed by atoms with Crippen molar-refractivity contribution in [3.05, 3.63) is 47.4 Å². The van der Waals surface area contributed by atoms with E-state index in [9.17, 15) is 9.18 Å². The number of amides is 1. The molecule has 2 aliphatic rings. The zero-order valence-corrected chi connectivity index (χ0v) is 13.5. The second kappa shape index (κ2) is 5.98. The van der Waals surface area contributed by atoms with Gasteiger partial charge in [-0.05, 0) is 32.0 Å². The van der Waals surface area contributed by atoms with Crippen molar-refractivity contribution in [2.75, 3.05) is 26.7 Å². The van der Waals surface area contributed by atoms with Crippen LogP contribution in [0.3, 0.4) is 0 Å². The van der Waals surface area contributed by atoms with Crippen molar-refractivity contribution in [3.63, 3.8) is 0 Å². The van der Waals surface area contributed by atoms with Crippen LogP contribution >= 0.6 is 0 Å². The third-order valence-corrected chi connectivity index (χ3v) is 4.72. The van der Waals surface area contributed by atoms with Crippen LogP contribution in [0, 0.1) is 5.82 Å². The predicted octanol–water partition coefficient (Wildman–Crippen LogP) is 2.21. The molecule has 2 heterocycles. The van der Waals surface area contributed by atoms with Gasteiger partial charge in [0.05, 0.1) is 5.56 Å². The number of benzene rings is 1. The Bertz CT molecular complexity index is 759. The van der Waals surface area contributed by atoms with Gasteiger partial charge in [-0.3, -0.25) is 9.69 Å². The molecule has 0 unspecified atom stereocenters. The zero-order chi connectivity index (χ0) is 16.7. The second-order valence-electron chi connectivity index (χ2n) is 6.49. The van der Waals surface area contributed by atoms with Crippen LogP contribution in [0.25, 0.3) is 0 Å². The van der Waals surface area contributed by atoms with Gasteiger partial charge in [0.15, 0.2) is 5.82 Å². The van der Waals surface area contributed by atoms with Gasteiger partial charge in [-0.25, -0.2) is 4.39 Å². The van der Waals surface area contributed by atoms with E-state index in [1.165, 1.54) is 12.1 Å². The van der Waals surface area contributed by atoms with Crippen LogP contribution in [0.1, 0.15) is 46.9 Å². The van der Waals surface area contributed by atoms with E-state index in [-0.39, 0.29) is 17.5 Å². The number of hydrogen-bond donors (Lipinski definition) is 0. The Balaban J connectivity index is 1.53. The quantitative estimate of drug-likeness (QED) is 0.863. The Labute approximate surface area is 139 Å². The summed E-state index contributed by atoms with van der Waals surface area (Å²) in [7, 11) is 1.97. The summed E-state index contributed by atoms with van der Waals surface area (Å²) < 4.78 is 19.3. The Kier molecular flexibility index (Phi) is 3.80. The molecule has 1 saturated carbocycles. The largest absolute Gasteiger partial charge is 0.338 e. The van der Waals surface area contributed by atoms with Gasteiger partial charge in [0.2, 0.25) is 5.89 Å². The minimum Gasteiger partial charge on any atom is -0.338 e. The molecule has 126 valence electrons. The summed E-state index contributed by atoms with van der Waals surface area (Å²) >= 11 is 0. The average Bonchev–Trinajstić information content (AvgIpc) is 3.33. The number of carbonyl (C=O) groups is 1. The molecule has 2 fully saturated rings. The number of hydrogen-bond acceptors (Lipinski definition) is 5. The van der Waals surface area contributed by atoms with Gasteiger partial charge in [-0.2, -0.15) is 4.98 Å². The molecule has 0 bridgehead atoms. The Morgan fingerprint density at radius 1 is 1.29 bits per heavy atom. The summed E-state index contributed by atoms with van der Waals surface area (Å²) in [6.07, 6.45) is 2.22. The van der Waals surface area contributed by atoms with Crippen molar-refractivity contribution in [2.45, 2.75) is 24.8 Å². The minimum absolute atomic E-state index is 0.102. The number of halogens is 1. The number of rotatable bonds is 3. The van der Waals surface area contributed by atoms with Crippen LogP contribution in [0.2, 0.25) is 0 Å².